The summed E-state index contributed by atoms with van der Waals surface area (Å²) in [5, 5.41) is 2.60. The van der Waals surface area contributed by atoms with Crippen molar-refractivity contribution in [3.8, 4) is 0 Å². The third-order valence-corrected chi connectivity index (χ3v) is 4.01. The molecule has 7 heteroatoms. The lowest BCUT2D eigenvalue weighted by atomic mass is 10.2. The number of carbonyl (C=O) groups is 1. The first-order chi connectivity index (χ1) is 9.36. The van der Waals surface area contributed by atoms with Gasteiger partial charge in [0.15, 0.2) is 0 Å². The maximum Gasteiger partial charge on any atom is 0.416 e. The lowest BCUT2D eigenvalue weighted by molar-refractivity contribution is -0.137. The lowest BCUT2D eigenvalue weighted by Gasteiger charge is -2.19. The van der Waals surface area contributed by atoms with E-state index < -0.39 is 11.7 Å². The number of likely N-dealkylation sites (tertiary alicyclic amines) is 1. The second kappa shape index (κ2) is 4.37. The quantitative estimate of drug-likeness (QED) is 0.830. The monoisotopic (exact) mass is 285 g/mol. The molecule has 0 bridgehead atoms. The first-order valence-electron chi connectivity index (χ1n) is 6.35. The molecule has 4 nitrogen and oxygen atoms in total. The summed E-state index contributed by atoms with van der Waals surface area (Å²) in [6.45, 7) is 1.25. The molecule has 3 N–H and O–H groups in total. The molecule has 3 rings (SSSR count). The summed E-state index contributed by atoms with van der Waals surface area (Å²) in [5.41, 5.74) is 5.40. The Hall–Kier alpha value is -1.76. The topological polar surface area (TPSA) is 58.4 Å². The van der Waals surface area contributed by atoms with E-state index in [-0.39, 0.29) is 12.1 Å². The number of nitrogens with zero attached hydrogens (tertiary/aromatic N) is 1. The van der Waals surface area contributed by atoms with Gasteiger partial charge in [0.1, 0.15) is 0 Å². The second-order valence-corrected chi connectivity index (χ2v) is 5.32. The Balaban J connectivity index is 1.59. The molecule has 20 heavy (non-hydrogen) atoms. The van der Waals surface area contributed by atoms with Crippen LogP contribution in [0.3, 0.4) is 0 Å². The Morgan fingerprint density at radius 1 is 1.20 bits per heavy atom. The maximum atomic E-state index is 12.4. The van der Waals surface area contributed by atoms with Crippen molar-refractivity contribution in [1.29, 1.82) is 0 Å². The highest BCUT2D eigenvalue weighted by Gasteiger charge is 2.54. The number of hydrogen-bond acceptors (Lipinski definition) is 2. The number of alkyl halides is 3. The van der Waals surface area contributed by atoms with Crippen molar-refractivity contribution in [3.05, 3.63) is 29.8 Å². The summed E-state index contributed by atoms with van der Waals surface area (Å²) in [6.07, 6.45) is -4.37. The molecule has 1 heterocycles. The van der Waals surface area contributed by atoms with Gasteiger partial charge in [0.25, 0.3) is 0 Å². The van der Waals surface area contributed by atoms with Gasteiger partial charge in [0, 0.05) is 24.8 Å². The standard InChI is InChI=1S/C13H14F3N3O/c14-13(15,16)7-1-3-8(4-2-7)18-12(20)19-5-9-10(6-19)11(9)17/h1-4,9-11H,5-6,17H2,(H,18,20)/t9-,10+,11?. The number of carbonyl (C=O) groups excluding carboxylic acids is 1. The van der Waals surface area contributed by atoms with E-state index in [0.29, 0.717) is 30.6 Å². The minimum absolute atomic E-state index is 0.199. The minimum Gasteiger partial charge on any atom is -0.327 e. The number of halogens is 3. The lowest BCUT2D eigenvalue weighted by Crippen LogP contribution is -2.37. The fourth-order valence-electron chi connectivity index (χ4n) is 2.68. The van der Waals surface area contributed by atoms with Gasteiger partial charge in [-0.3, -0.25) is 0 Å². The van der Waals surface area contributed by atoms with Crippen LogP contribution in [0, 0.1) is 11.8 Å². The van der Waals surface area contributed by atoms with E-state index in [1.165, 1.54) is 12.1 Å². The summed E-state index contributed by atoms with van der Waals surface area (Å²) in [5.74, 6) is 0.765. The van der Waals surface area contributed by atoms with Crippen LogP contribution >= 0.6 is 0 Å². The third-order valence-electron chi connectivity index (χ3n) is 4.01. The van der Waals surface area contributed by atoms with Gasteiger partial charge in [-0.2, -0.15) is 13.2 Å². The molecular formula is C13H14F3N3O. The van der Waals surface area contributed by atoms with Gasteiger partial charge < -0.3 is 16.0 Å². The summed E-state index contributed by atoms with van der Waals surface area (Å²) in [7, 11) is 0. The molecule has 1 aromatic rings. The van der Waals surface area contributed by atoms with E-state index in [1.807, 2.05) is 0 Å². The summed E-state index contributed by atoms with van der Waals surface area (Å²) < 4.78 is 37.2. The van der Waals surface area contributed by atoms with Crippen molar-refractivity contribution in [3.63, 3.8) is 0 Å². The van der Waals surface area contributed by atoms with Crippen LogP contribution in [-0.4, -0.2) is 30.1 Å². The van der Waals surface area contributed by atoms with Crippen LogP contribution in [-0.2, 0) is 6.18 Å². The second-order valence-electron chi connectivity index (χ2n) is 5.32. The number of benzene rings is 1. The van der Waals surface area contributed by atoms with Crippen LogP contribution in [0.25, 0.3) is 0 Å². The van der Waals surface area contributed by atoms with E-state index in [2.05, 4.69) is 5.32 Å². The van der Waals surface area contributed by atoms with E-state index >= 15 is 0 Å². The van der Waals surface area contributed by atoms with Gasteiger partial charge in [0.05, 0.1) is 5.56 Å². The third kappa shape index (κ3) is 2.33. The highest BCUT2D eigenvalue weighted by molar-refractivity contribution is 5.89. The van der Waals surface area contributed by atoms with E-state index in [9.17, 15) is 18.0 Å². The van der Waals surface area contributed by atoms with Crippen molar-refractivity contribution in [2.75, 3.05) is 18.4 Å². The van der Waals surface area contributed by atoms with Crippen molar-refractivity contribution in [2.24, 2.45) is 17.6 Å². The Kier molecular flexibility index (Phi) is 2.89. The fourth-order valence-corrected chi connectivity index (χ4v) is 2.68. The Morgan fingerprint density at radius 3 is 2.25 bits per heavy atom. The Labute approximate surface area is 113 Å². The van der Waals surface area contributed by atoms with Crippen molar-refractivity contribution in [1.82, 2.24) is 4.90 Å². The number of piperidine rings is 1. The molecule has 1 saturated carbocycles. The Bertz CT molecular complexity index is 517. The summed E-state index contributed by atoms with van der Waals surface area (Å²) in [4.78, 5) is 13.6. The van der Waals surface area contributed by atoms with Gasteiger partial charge in [-0.25, -0.2) is 4.79 Å². The van der Waals surface area contributed by atoms with Crippen molar-refractivity contribution in [2.45, 2.75) is 12.2 Å². The van der Waals surface area contributed by atoms with E-state index in [1.54, 1.807) is 4.90 Å². The predicted octanol–water partition coefficient (Wildman–Crippen LogP) is 2.13. The molecule has 2 fully saturated rings. The number of urea groups is 1. The molecule has 0 aromatic heterocycles. The van der Waals surface area contributed by atoms with Crippen LogP contribution in [0.5, 0.6) is 0 Å². The van der Waals surface area contributed by atoms with Crippen LogP contribution < -0.4 is 11.1 Å². The molecule has 3 atom stereocenters. The van der Waals surface area contributed by atoms with Crippen LogP contribution in [0.4, 0.5) is 23.7 Å². The number of nitrogens with two attached hydrogens (primary N) is 1. The van der Waals surface area contributed by atoms with Gasteiger partial charge in [-0.15, -0.1) is 0 Å². The Morgan fingerprint density at radius 2 is 1.75 bits per heavy atom. The first kappa shape index (κ1) is 13.2. The molecule has 108 valence electrons. The zero-order valence-corrected chi connectivity index (χ0v) is 10.5. The molecule has 1 aliphatic heterocycles. The number of nitrogens with one attached hydrogen (secondary N) is 1. The summed E-state index contributed by atoms with van der Waals surface area (Å²) >= 11 is 0. The van der Waals surface area contributed by atoms with E-state index in [0.717, 1.165) is 12.1 Å². The molecule has 2 amide bonds. The number of amides is 2. The molecule has 0 radical (unpaired) electrons. The van der Waals surface area contributed by atoms with Crippen LogP contribution in [0.15, 0.2) is 24.3 Å². The summed E-state index contributed by atoms with van der Waals surface area (Å²) in [6, 6.07) is 4.32. The van der Waals surface area contributed by atoms with Gasteiger partial charge >= 0.3 is 12.2 Å². The molecule has 2 aliphatic rings. The molecular weight excluding hydrogens is 271 g/mol. The normalized spacial score (nSPS) is 28.2. The van der Waals surface area contributed by atoms with Gasteiger partial charge in [-0.1, -0.05) is 0 Å². The fraction of sp³-hybridized carbons (Fsp3) is 0.462. The number of fused-ring (bicyclic) bond motifs is 1. The number of hydrogen-bond donors (Lipinski definition) is 2. The molecule has 0 spiro atoms. The molecule has 1 aliphatic carbocycles. The molecule has 1 unspecified atom stereocenters. The first-order valence-corrected chi connectivity index (χ1v) is 6.35. The number of anilines is 1. The van der Waals surface area contributed by atoms with Crippen LogP contribution in [0.1, 0.15) is 5.56 Å². The highest BCUT2D eigenvalue weighted by atomic mass is 19.4. The predicted molar refractivity (Wildman–Crippen MR) is 67.0 cm³/mol. The SMILES string of the molecule is NC1[C@H]2CN(C(=O)Nc3ccc(C(F)(F)F)cc3)C[C@@H]12. The number of rotatable bonds is 1. The van der Waals surface area contributed by atoms with Crippen molar-refractivity contribution < 1.29 is 18.0 Å². The average Bonchev–Trinajstić information content (AvgIpc) is 2.82. The van der Waals surface area contributed by atoms with Crippen LogP contribution in [0.2, 0.25) is 0 Å². The zero-order chi connectivity index (χ0) is 14.5. The van der Waals surface area contributed by atoms with Crippen molar-refractivity contribution >= 4 is 11.7 Å². The zero-order valence-electron chi connectivity index (χ0n) is 10.5. The molecule has 1 saturated heterocycles. The van der Waals surface area contributed by atoms with Gasteiger partial charge in [-0.05, 0) is 36.1 Å². The van der Waals surface area contributed by atoms with E-state index in [4.69, 9.17) is 5.73 Å². The van der Waals surface area contributed by atoms with Gasteiger partial charge in [0.2, 0.25) is 0 Å². The minimum atomic E-state index is -4.37. The highest BCUT2D eigenvalue weighted by Crippen LogP contribution is 2.43. The maximum absolute atomic E-state index is 12.4. The largest absolute Gasteiger partial charge is 0.416 e. The average molecular weight is 285 g/mol. The molecule has 1 aromatic carbocycles. The smallest absolute Gasteiger partial charge is 0.327 e.